The first-order chi connectivity index (χ1) is 9.58. The Morgan fingerprint density at radius 3 is 2.70 bits per heavy atom. The number of aliphatic hydroxyl groups is 1. The molecule has 2 rings (SSSR count). The van der Waals surface area contributed by atoms with Crippen molar-refractivity contribution in [3.05, 3.63) is 35.4 Å². The zero-order valence-corrected chi connectivity index (χ0v) is 12.3. The molecule has 108 valence electrons. The summed E-state index contributed by atoms with van der Waals surface area (Å²) in [7, 11) is 0. The maximum absolute atomic E-state index is 9.78. The first-order valence-corrected chi connectivity index (χ1v) is 7.14. The Balaban J connectivity index is 2.37. The Bertz CT molecular complexity index is 487. The van der Waals surface area contributed by atoms with Crippen molar-refractivity contribution in [2.75, 3.05) is 32.8 Å². The van der Waals surface area contributed by atoms with E-state index in [1.807, 2.05) is 18.2 Å². The Kier molecular flexibility index (Phi) is 4.77. The van der Waals surface area contributed by atoms with Crippen LogP contribution in [0.5, 0.6) is 0 Å². The summed E-state index contributed by atoms with van der Waals surface area (Å²) in [6, 6.07) is 10.1. The lowest BCUT2D eigenvalue weighted by Crippen LogP contribution is -2.49. The average Bonchev–Trinajstić information content (AvgIpc) is 2.48. The number of nitrogens with zero attached hydrogens (tertiary/aromatic N) is 2. The highest BCUT2D eigenvalue weighted by Crippen LogP contribution is 2.38. The van der Waals surface area contributed by atoms with Crippen LogP contribution in [-0.2, 0) is 0 Å². The molecule has 1 aromatic carbocycles. The highest BCUT2D eigenvalue weighted by Gasteiger charge is 2.35. The Labute approximate surface area is 121 Å². The molecule has 1 saturated heterocycles. The van der Waals surface area contributed by atoms with E-state index >= 15 is 0 Å². The molecule has 4 nitrogen and oxygen atoms in total. The average molecular weight is 273 g/mol. The van der Waals surface area contributed by atoms with Gasteiger partial charge in [-0.1, -0.05) is 26.0 Å². The number of rotatable bonds is 4. The molecule has 4 heteroatoms. The topological polar surface area (TPSA) is 59.3 Å². The fourth-order valence-electron chi connectivity index (χ4n) is 2.96. The van der Waals surface area contributed by atoms with Gasteiger partial charge in [0.15, 0.2) is 0 Å². The second-order valence-electron chi connectivity index (χ2n) is 6.07. The van der Waals surface area contributed by atoms with Crippen LogP contribution in [0.15, 0.2) is 24.3 Å². The minimum Gasteiger partial charge on any atom is -0.396 e. The van der Waals surface area contributed by atoms with Gasteiger partial charge in [-0.2, -0.15) is 5.26 Å². The van der Waals surface area contributed by atoms with Crippen molar-refractivity contribution in [3.8, 4) is 6.07 Å². The largest absolute Gasteiger partial charge is 0.396 e. The second kappa shape index (κ2) is 6.36. The first kappa shape index (κ1) is 15.0. The third-order valence-corrected chi connectivity index (χ3v) is 4.00. The molecule has 1 aromatic rings. The van der Waals surface area contributed by atoms with Crippen LogP contribution in [0, 0.1) is 16.7 Å². The van der Waals surface area contributed by atoms with Gasteiger partial charge in [-0.05, 0) is 17.7 Å². The lowest BCUT2D eigenvalue weighted by atomic mass is 9.79. The van der Waals surface area contributed by atoms with Crippen molar-refractivity contribution < 1.29 is 5.11 Å². The summed E-state index contributed by atoms with van der Waals surface area (Å²) in [6.07, 6.45) is 0. The summed E-state index contributed by atoms with van der Waals surface area (Å²) in [6.45, 7) is 8.15. The maximum Gasteiger partial charge on any atom is 0.0991 e. The van der Waals surface area contributed by atoms with E-state index in [-0.39, 0.29) is 18.1 Å². The summed E-state index contributed by atoms with van der Waals surface area (Å²) in [5.41, 5.74) is 1.55. The molecule has 0 spiro atoms. The van der Waals surface area contributed by atoms with Crippen molar-refractivity contribution in [2.45, 2.75) is 19.9 Å². The quantitative estimate of drug-likeness (QED) is 0.873. The van der Waals surface area contributed by atoms with Crippen molar-refractivity contribution >= 4 is 0 Å². The van der Waals surface area contributed by atoms with Gasteiger partial charge in [-0.25, -0.2) is 0 Å². The summed E-state index contributed by atoms with van der Waals surface area (Å²) in [5.74, 6) is 0. The number of benzene rings is 1. The molecule has 0 bridgehead atoms. The molecule has 0 aliphatic carbocycles. The van der Waals surface area contributed by atoms with Crippen LogP contribution < -0.4 is 5.32 Å². The van der Waals surface area contributed by atoms with Gasteiger partial charge in [0, 0.05) is 44.2 Å². The third-order valence-electron chi connectivity index (χ3n) is 4.00. The second-order valence-corrected chi connectivity index (χ2v) is 6.07. The molecule has 2 N–H and O–H groups in total. The van der Waals surface area contributed by atoms with E-state index in [1.165, 1.54) is 0 Å². The van der Waals surface area contributed by atoms with Crippen LogP contribution in [0.4, 0.5) is 0 Å². The van der Waals surface area contributed by atoms with Crippen molar-refractivity contribution in [3.63, 3.8) is 0 Å². The van der Waals surface area contributed by atoms with Crippen LogP contribution in [0.3, 0.4) is 0 Å². The molecule has 0 unspecified atom stereocenters. The van der Waals surface area contributed by atoms with E-state index < -0.39 is 0 Å². The van der Waals surface area contributed by atoms with Gasteiger partial charge in [0.05, 0.1) is 11.6 Å². The van der Waals surface area contributed by atoms with E-state index in [4.69, 9.17) is 5.26 Å². The molecule has 1 heterocycles. The summed E-state index contributed by atoms with van der Waals surface area (Å²) in [5, 5.41) is 22.2. The van der Waals surface area contributed by atoms with Crippen molar-refractivity contribution in [1.29, 1.82) is 5.26 Å². The van der Waals surface area contributed by atoms with Gasteiger partial charge in [0.25, 0.3) is 0 Å². The van der Waals surface area contributed by atoms with Crippen LogP contribution in [0.1, 0.15) is 31.0 Å². The van der Waals surface area contributed by atoms with E-state index in [1.54, 1.807) is 0 Å². The molecule has 0 saturated carbocycles. The molecule has 1 fully saturated rings. The van der Waals surface area contributed by atoms with Crippen molar-refractivity contribution in [2.24, 2.45) is 5.41 Å². The Hall–Kier alpha value is -1.41. The number of nitrogens with one attached hydrogen (secondary N) is 1. The number of hydrogen-bond donors (Lipinski definition) is 2. The zero-order chi connectivity index (χ0) is 14.6. The maximum atomic E-state index is 9.78. The fraction of sp³-hybridized carbons (Fsp3) is 0.562. The summed E-state index contributed by atoms with van der Waals surface area (Å²) < 4.78 is 0. The monoisotopic (exact) mass is 273 g/mol. The predicted octanol–water partition coefficient (Wildman–Crippen LogP) is 1.52. The van der Waals surface area contributed by atoms with Gasteiger partial charge < -0.3 is 10.4 Å². The molecule has 0 radical (unpaired) electrons. The lowest BCUT2D eigenvalue weighted by Gasteiger charge is -2.43. The Morgan fingerprint density at radius 2 is 2.10 bits per heavy atom. The van der Waals surface area contributed by atoms with Gasteiger partial charge in [0.2, 0.25) is 0 Å². The molecular formula is C16H23N3O. The van der Waals surface area contributed by atoms with Gasteiger partial charge in [0.1, 0.15) is 0 Å². The molecular weight excluding hydrogens is 250 g/mol. The Morgan fingerprint density at radius 1 is 1.40 bits per heavy atom. The molecule has 20 heavy (non-hydrogen) atoms. The number of aliphatic hydroxyl groups excluding tert-OH is 1. The molecule has 1 atom stereocenters. The number of hydrogen-bond acceptors (Lipinski definition) is 4. The highest BCUT2D eigenvalue weighted by atomic mass is 16.3. The SMILES string of the molecule is CC(C)(CO)[C@H](c1cccc(C#N)c1)N1CCNCC1. The predicted molar refractivity (Wildman–Crippen MR) is 79.2 cm³/mol. The van der Waals surface area contributed by atoms with Gasteiger partial charge >= 0.3 is 0 Å². The summed E-state index contributed by atoms with van der Waals surface area (Å²) >= 11 is 0. The number of nitriles is 1. The summed E-state index contributed by atoms with van der Waals surface area (Å²) in [4.78, 5) is 2.41. The van der Waals surface area contributed by atoms with Crippen LogP contribution in [-0.4, -0.2) is 42.8 Å². The van der Waals surface area contributed by atoms with Gasteiger partial charge in [-0.15, -0.1) is 0 Å². The molecule has 1 aliphatic heterocycles. The number of piperazine rings is 1. The highest BCUT2D eigenvalue weighted by molar-refractivity contribution is 5.35. The molecule has 1 aliphatic rings. The zero-order valence-electron chi connectivity index (χ0n) is 12.3. The van der Waals surface area contributed by atoms with Crippen LogP contribution in [0.2, 0.25) is 0 Å². The van der Waals surface area contributed by atoms with E-state index in [9.17, 15) is 5.11 Å². The van der Waals surface area contributed by atoms with Crippen molar-refractivity contribution in [1.82, 2.24) is 10.2 Å². The fourth-order valence-corrected chi connectivity index (χ4v) is 2.96. The first-order valence-electron chi connectivity index (χ1n) is 7.14. The lowest BCUT2D eigenvalue weighted by molar-refractivity contribution is 0.0305. The minimum absolute atomic E-state index is 0.123. The van der Waals surface area contributed by atoms with Gasteiger partial charge in [-0.3, -0.25) is 4.90 Å². The smallest absolute Gasteiger partial charge is 0.0991 e. The standard InChI is InChI=1S/C16H23N3O/c1-16(2,12-20)15(19-8-6-18-7-9-19)14-5-3-4-13(10-14)11-17/h3-5,10,15,18,20H,6-9,12H2,1-2H3/t15-/m0/s1. The normalized spacial score (nSPS) is 18.5. The van der Waals surface area contributed by atoms with E-state index in [2.05, 4.69) is 36.2 Å². The van der Waals surface area contributed by atoms with E-state index in [0.29, 0.717) is 5.56 Å². The molecule has 0 aromatic heterocycles. The van der Waals surface area contributed by atoms with Crippen LogP contribution in [0.25, 0.3) is 0 Å². The molecule has 0 amide bonds. The third kappa shape index (κ3) is 3.18. The van der Waals surface area contributed by atoms with E-state index in [0.717, 1.165) is 31.7 Å². The minimum atomic E-state index is -0.245. The van der Waals surface area contributed by atoms with Crippen LogP contribution >= 0.6 is 0 Å².